The quantitative estimate of drug-likeness (QED) is 0.747. The van der Waals surface area contributed by atoms with Crippen molar-refractivity contribution in [3.8, 4) is 0 Å². The second-order valence-corrected chi connectivity index (χ2v) is 6.61. The second-order valence-electron chi connectivity index (χ2n) is 5.49. The lowest BCUT2D eigenvalue weighted by Gasteiger charge is -2.23. The summed E-state index contributed by atoms with van der Waals surface area (Å²) in [6.07, 6.45) is 0.0878. The highest BCUT2D eigenvalue weighted by Crippen LogP contribution is 2.48. The third-order valence-electron chi connectivity index (χ3n) is 4.15. The summed E-state index contributed by atoms with van der Waals surface area (Å²) in [4.78, 5) is 54.4. The Balaban J connectivity index is 1.56. The summed E-state index contributed by atoms with van der Waals surface area (Å²) < 4.78 is 0. The third kappa shape index (κ3) is 2.05. The first-order chi connectivity index (χ1) is 11.1. The molecular formula is C15H12N2O5S. The van der Waals surface area contributed by atoms with Gasteiger partial charge in [0.15, 0.2) is 0 Å². The molecule has 3 amide bonds. The van der Waals surface area contributed by atoms with Crippen LogP contribution in [0.2, 0.25) is 0 Å². The van der Waals surface area contributed by atoms with E-state index in [9.17, 15) is 19.2 Å². The summed E-state index contributed by atoms with van der Waals surface area (Å²) in [7, 11) is 0. The van der Waals surface area contributed by atoms with Gasteiger partial charge in [-0.1, -0.05) is 18.2 Å². The number of hydrogen-bond donors (Lipinski definition) is 0. The van der Waals surface area contributed by atoms with Crippen LogP contribution in [0.15, 0.2) is 24.3 Å². The molecule has 0 aliphatic carbocycles. The van der Waals surface area contributed by atoms with Crippen LogP contribution in [0, 0.1) is 0 Å². The van der Waals surface area contributed by atoms with Crippen molar-refractivity contribution < 1.29 is 24.0 Å². The van der Waals surface area contributed by atoms with Crippen LogP contribution in [-0.4, -0.2) is 45.4 Å². The number of imide groups is 1. The Morgan fingerprint density at radius 2 is 1.83 bits per heavy atom. The Labute approximate surface area is 135 Å². The van der Waals surface area contributed by atoms with E-state index in [4.69, 9.17) is 4.84 Å². The lowest BCUT2D eigenvalue weighted by atomic mass is 10.1. The van der Waals surface area contributed by atoms with E-state index in [1.165, 1.54) is 16.7 Å². The van der Waals surface area contributed by atoms with Crippen molar-refractivity contribution in [1.82, 2.24) is 9.96 Å². The lowest BCUT2D eigenvalue weighted by Crippen LogP contribution is -2.44. The molecule has 0 N–H and O–H groups in total. The van der Waals surface area contributed by atoms with Crippen LogP contribution in [0.25, 0.3) is 0 Å². The summed E-state index contributed by atoms with van der Waals surface area (Å²) in [6.45, 7) is 0. The van der Waals surface area contributed by atoms with Crippen LogP contribution in [-0.2, 0) is 19.2 Å². The van der Waals surface area contributed by atoms with Gasteiger partial charge in [0.05, 0.1) is 0 Å². The molecule has 1 aromatic carbocycles. The van der Waals surface area contributed by atoms with E-state index in [0.29, 0.717) is 16.4 Å². The maximum Gasteiger partial charge on any atom is 0.356 e. The first-order valence-corrected chi connectivity index (χ1v) is 8.23. The largest absolute Gasteiger partial charge is 0.356 e. The van der Waals surface area contributed by atoms with Crippen molar-refractivity contribution in [1.29, 1.82) is 0 Å². The molecular weight excluding hydrogens is 320 g/mol. The van der Waals surface area contributed by atoms with E-state index in [2.05, 4.69) is 0 Å². The van der Waals surface area contributed by atoms with Crippen LogP contribution in [0.4, 0.5) is 0 Å². The molecule has 2 fully saturated rings. The van der Waals surface area contributed by atoms with Gasteiger partial charge in [-0.2, -0.15) is 0 Å². The highest BCUT2D eigenvalue weighted by Gasteiger charge is 2.50. The number of fused-ring (bicyclic) bond motifs is 3. The first kappa shape index (κ1) is 14.3. The Hall–Kier alpha value is -2.35. The van der Waals surface area contributed by atoms with E-state index in [0.717, 1.165) is 5.56 Å². The first-order valence-electron chi connectivity index (χ1n) is 7.18. The van der Waals surface area contributed by atoms with Gasteiger partial charge in [-0.05, 0) is 11.6 Å². The molecule has 0 bridgehead atoms. The summed E-state index contributed by atoms with van der Waals surface area (Å²) in [6, 6.07) is 6.42. The summed E-state index contributed by atoms with van der Waals surface area (Å²) in [5.41, 5.74) is 1.46. The average molecular weight is 332 g/mol. The molecule has 4 rings (SSSR count). The second kappa shape index (κ2) is 5.09. The van der Waals surface area contributed by atoms with E-state index in [1.807, 2.05) is 12.1 Å². The summed E-state index contributed by atoms with van der Waals surface area (Å²) >= 11 is 1.47. The minimum absolute atomic E-state index is 0.0439. The van der Waals surface area contributed by atoms with Crippen LogP contribution >= 0.6 is 11.8 Å². The molecule has 3 aliphatic rings. The Morgan fingerprint density at radius 3 is 2.57 bits per heavy atom. The fraction of sp³-hybridized carbons (Fsp3) is 0.333. The SMILES string of the molecule is O=C(ON1C(=O)CCC1=O)C1CSC2c3ccccc3C(=O)N12. The number of rotatable bonds is 2. The Bertz CT molecular complexity index is 733. The molecule has 0 saturated carbocycles. The van der Waals surface area contributed by atoms with E-state index in [-0.39, 0.29) is 24.1 Å². The number of hydroxylamine groups is 2. The zero-order valence-corrected chi connectivity index (χ0v) is 12.7. The van der Waals surface area contributed by atoms with Crippen molar-refractivity contribution in [3.63, 3.8) is 0 Å². The highest BCUT2D eigenvalue weighted by atomic mass is 32.2. The van der Waals surface area contributed by atoms with Gasteiger partial charge in [0.25, 0.3) is 17.7 Å². The topological polar surface area (TPSA) is 84.0 Å². The van der Waals surface area contributed by atoms with E-state index >= 15 is 0 Å². The monoisotopic (exact) mass is 332 g/mol. The van der Waals surface area contributed by atoms with Gasteiger partial charge >= 0.3 is 5.97 Å². The molecule has 1 aromatic rings. The molecule has 0 radical (unpaired) electrons. The van der Waals surface area contributed by atoms with Gasteiger partial charge in [0, 0.05) is 24.2 Å². The Morgan fingerprint density at radius 1 is 1.13 bits per heavy atom. The van der Waals surface area contributed by atoms with Crippen LogP contribution < -0.4 is 0 Å². The van der Waals surface area contributed by atoms with Crippen LogP contribution in [0.1, 0.15) is 34.1 Å². The van der Waals surface area contributed by atoms with Crippen LogP contribution in [0.5, 0.6) is 0 Å². The minimum atomic E-state index is -0.800. The molecule has 2 atom stereocenters. The third-order valence-corrected chi connectivity index (χ3v) is 5.46. The predicted octanol–water partition coefficient (Wildman–Crippen LogP) is 0.864. The number of benzene rings is 1. The zero-order chi connectivity index (χ0) is 16.1. The molecule has 7 nitrogen and oxygen atoms in total. The minimum Gasteiger partial charge on any atom is -0.328 e. The highest BCUT2D eigenvalue weighted by molar-refractivity contribution is 7.99. The maximum atomic E-state index is 12.5. The van der Waals surface area contributed by atoms with Crippen molar-refractivity contribution in [2.45, 2.75) is 24.3 Å². The number of carbonyl (C=O) groups is 4. The fourth-order valence-corrected chi connectivity index (χ4v) is 4.48. The maximum absolute atomic E-state index is 12.5. The molecule has 3 aliphatic heterocycles. The van der Waals surface area contributed by atoms with Gasteiger partial charge in [0.1, 0.15) is 11.4 Å². The molecule has 23 heavy (non-hydrogen) atoms. The molecule has 3 heterocycles. The number of amides is 3. The summed E-state index contributed by atoms with van der Waals surface area (Å²) in [5.74, 6) is -1.65. The van der Waals surface area contributed by atoms with Gasteiger partial charge in [-0.3, -0.25) is 14.4 Å². The van der Waals surface area contributed by atoms with Gasteiger partial charge in [-0.15, -0.1) is 16.8 Å². The number of carbonyl (C=O) groups excluding carboxylic acids is 4. The molecule has 8 heteroatoms. The molecule has 0 aromatic heterocycles. The standard InChI is InChI=1S/C15H12N2O5S/c18-11-5-6-12(19)17(11)22-15(21)10-7-23-14-9-4-2-1-3-8(9)13(20)16(10)14/h1-4,10,14H,5-7H2. The average Bonchev–Trinajstić information content (AvgIpc) is 3.19. The van der Waals surface area contributed by atoms with Crippen molar-refractivity contribution in [3.05, 3.63) is 35.4 Å². The number of hydrogen-bond acceptors (Lipinski definition) is 6. The van der Waals surface area contributed by atoms with Crippen LogP contribution in [0.3, 0.4) is 0 Å². The molecule has 118 valence electrons. The predicted molar refractivity (Wildman–Crippen MR) is 78.8 cm³/mol. The Kier molecular flexibility index (Phi) is 3.15. The van der Waals surface area contributed by atoms with Gasteiger partial charge in [0.2, 0.25) is 0 Å². The van der Waals surface area contributed by atoms with Crippen molar-refractivity contribution >= 4 is 35.5 Å². The smallest absolute Gasteiger partial charge is 0.328 e. The lowest BCUT2D eigenvalue weighted by molar-refractivity contribution is -0.200. The zero-order valence-electron chi connectivity index (χ0n) is 11.9. The normalized spacial score (nSPS) is 25.8. The number of nitrogens with zero attached hydrogens (tertiary/aromatic N) is 2. The molecule has 2 saturated heterocycles. The van der Waals surface area contributed by atoms with E-state index < -0.39 is 23.8 Å². The molecule has 0 spiro atoms. The van der Waals surface area contributed by atoms with Crippen molar-refractivity contribution in [2.24, 2.45) is 0 Å². The van der Waals surface area contributed by atoms with Gasteiger partial charge < -0.3 is 9.74 Å². The van der Waals surface area contributed by atoms with E-state index in [1.54, 1.807) is 12.1 Å². The molecule has 2 unspecified atom stereocenters. The fourth-order valence-electron chi connectivity index (χ4n) is 3.03. The summed E-state index contributed by atoms with van der Waals surface area (Å²) in [5, 5.41) is 0.301. The van der Waals surface area contributed by atoms with Gasteiger partial charge in [-0.25, -0.2) is 4.79 Å². The van der Waals surface area contributed by atoms with Crippen molar-refractivity contribution in [2.75, 3.05) is 5.75 Å². The number of thioether (sulfide) groups is 1.